The van der Waals surface area contributed by atoms with E-state index in [1.54, 1.807) is 0 Å². The number of hydrogen-bond donors (Lipinski definition) is 0. The normalized spacial score (nSPS) is 27.3. The fourth-order valence-corrected chi connectivity index (χ4v) is 3.90. The average Bonchev–Trinajstić information content (AvgIpc) is 2.59. The van der Waals surface area contributed by atoms with Crippen LogP contribution in [0.4, 0.5) is 0 Å². The summed E-state index contributed by atoms with van der Waals surface area (Å²) in [5.74, 6) is 0.0420. The van der Waals surface area contributed by atoms with E-state index in [0.29, 0.717) is 13.2 Å². The number of ether oxygens (including phenoxy) is 2. The molecule has 1 aliphatic rings. The molecule has 1 fully saturated rings. The first-order valence-corrected chi connectivity index (χ1v) is 12.4. The lowest BCUT2D eigenvalue weighted by atomic mass is 9.91. The van der Waals surface area contributed by atoms with Gasteiger partial charge in [0, 0.05) is 12.3 Å². The minimum Gasteiger partial charge on any atom is -0.414 e. The highest BCUT2D eigenvalue weighted by molar-refractivity contribution is 6.74. The van der Waals surface area contributed by atoms with E-state index in [9.17, 15) is 4.79 Å². The third-order valence-electron chi connectivity index (χ3n) is 5.83. The molecule has 1 saturated heterocycles. The van der Waals surface area contributed by atoms with Gasteiger partial charge in [0.05, 0.1) is 25.4 Å². The van der Waals surface area contributed by atoms with Gasteiger partial charge in [-0.25, -0.2) is 0 Å². The highest BCUT2D eigenvalue weighted by Gasteiger charge is 2.40. The van der Waals surface area contributed by atoms with E-state index in [4.69, 9.17) is 13.9 Å². The molecule has 1 aliphatic heterocycles. The van der Waals surface area contributed by atoms with Crippen LogP contribution in [0.25, 0.3) is 0 Å². The maximum absolute atomic E-state index is 11.5. The van der Waals surface area contributed by atoms with Gasteiger partial charge in [-0.05, 0) is 23.7 Å². The molecule has 4 nitrogen and oxygen atoms in total. The molecule has 1 heterocycles. The smallest absolute Gasteiger partial charge is 0.192 e. The summed E-state index contributed by atoms with van der Waals surface area (Å²) in [5.41, 5.74) is 1.14. The summed E-state index contributed by atoms with van der Waals surface area (Å²) in [5, 5.41) is 0.155. The number of aldehydes is 1. The molecule has 5 heteroatoms. The molecule has 2 rings (SSSR count). The van der Waals surface area contributed by atoms with Crippen LogP contribution in [0.5, 0.6) is 0 Å². The second kappa shape index (κ2) is 8.78. The second-order valence-corrected chi connectivity index (χ2v) is 13.7. The van der Waals surface area contributed by atoms with E-state index in [-0.39, 0.29) is 23.2 Å². The first kappa shape index (κ1) is 21.3. The van der Waals surface area contributed by atoms with Crippen LogP contribution in [0.3, 0.4) is 0 Å². The van der Waals surface area contributed by atoms with Crippen LogP contribution in [0.1, 0.15) is 39.7 Å². The molecule has 0 aromatic heterocycles. The van der Waals surface area contributed by atoms with Gasteiger partial charge in [-0.3, -0.25) is 0 Å². The van der Waals surface area contributed by atoms with Crippen LogP contribution < -0.4 is 0 Å². The topological polar surface area (TPSA) is 44.8 Å². The molecule has 4 atom stereocenters. The maximum Gasteiger partial charge on any atom is 0.192 e. The Labute approximate surface area is 159 Å². The Bertz CT molecular complexity index is 567. The molecule has 0 amide bonds. The van der Waals surface area contributed by atoms with Crippen LogP contribution in [0.2, 0.25) is 18.1 Å². The van der Waals surface area contributed by atoms with Gasteiger partial charge >= 0.3 is 0 Å². The van der Waals surface area contributed by atoms with E-state index >= 15 is 0 Å². The summed E-state index contributed by atoms with van der Waals surface area (Å²) in [6, 6.07) is 10.1. The third-order valence-corrected chi connectivity index (χ3v) is 10.3. The van der Waals surface area contributed by atoms with Gasteiger partial charge in [-0.2, -0.15) is 0 Å². The van der Waals surface area contributed by atoms with Gasteiger partial charge in [0.1, 0.15) is 12.4 Å². The largest absolute Gasteiger partial charge is 0.414 e. The zero-order valence-electron chi connectivity index (χ0n) is 17.0. The van der Waals surface area contributed by atoms with Crippen molar-refractivity contribution in [3.8, 4) is 0 Å². The number of carbonyl (C=O) groups is 1. The number of rotatable bonds is 7. The standard InChI is InChI=1S/C21H34O4Si/c1-16-19(23-14-17-10-8-7-9-11-17)12-18(25-20(16)13-22)15-24-26(5,6)21(2,3)4/h7-11,13,16,18-20H,12,14-15H2,1-6H3/t16-,18-,19+,20-/m1/s1. The lowest BCUT2D eigenvalue weighted by Gasteiger charge is -2.41. The monoisotopic (exact) mass is 378 g/mol. The first-order valence-electron chi connectivity index (χ1n) is 9.54. The van der Waals surface area contributed by atoms with Crippen molar-refractivity contribution in [3.05, 3.63) is 35.9 Å². The molecular formula is C21H34O4Si. The van der Waals surface area contributed by atoms with Crippen LogP contribution in [-0.4, -0.2) is 39.5 Å². The molecule has 0 radical (unpaired) electrons. The number of carbonyl (C=O) groups excluding carboxylic acids is 1. The van der Waals surface area contributed by atoms with E-state index < -0.39 is 14.4 Å². The van der Waals surface area contributed by atoms with Crippen molar-refractivity contribution in [2.24, 2.45) is 5.92 Å². The van der Waals surface area contributed by atoms with E-state index in [0.717, 1.165) is 18.3 Å². The van der Waals surface area contributed by atoms with E-state index in [1.807, 2.05) is 25.1 Å². The fraction of sp³-hybridized carbons (Fsp3) is 0.667. The quantitative estimate of drug-likeness (QED) is 0.514. The lowest BCUT2D eigenvalue weighted by Crippen LogP contribution is -2.49. The zero-order chi connectivity index (χ0) is 19.4. The van der Waals surface area contributed by atoms with Gasteiger partial charge in [-0.1, -0.05) is 58.0 Å². The predicted molar refractivity (Wildman–Crippen MR) is 107 cm³/mol. The summed E-state index contributed by atoms with van der Waals surface area (Å²) in [6.07, 6.45) is 1.12. The molecule has 0 unspecified atom stereocenters. The summed E-state index contributed by atoms with van der Waals surface area (Å²) < 4.78 is 18.5. The van der Waals surface area contributed by atoms with Gasteiger partial charge < -0.3 is 18.7 Å². The Kier molecular flexibility index (Phi) is 7.19. The lowest BCUT2D eigenvalue weighted by molar-refractivity contribution is -0.165. The Balaban J connectivity index is 1.97. The van der Waals surface area contributed by atoms with Crippen molar-refractivity contribution >= 4 is 14.6 Å². The van der Waals surface area contributed by atoms with Crippen LogP contribution in [0, 0.1) is 5.92 Å². The second-order valence-electron chi connectivity index (χ2n) is 8.86. The Morgan fingerprint density at radius 3 is 2.46 bits per heavy atom. The van der Waals surface area contributed by atoms with Crippen molar-refractivity contribution in [2.45, 2.75) is 77.2 Å². The molecule has 146 valence electrons. The SMILES string of the molecule is C[C@@H]1[C@@H](OCc2ccccc2)C[C@H](CO[Si](C)(C)C(C)(C)C)O[C@@H]1C=O. The minimum atomic E-state index is -1.84. The summed E-state index contributed by atoms with van der Waals surface area (Å²) in [4.78, 5) is 11.5. The molecule has 0 aliphatic carbocycles. The summed E-state index contributed by atoms with van der Waals surface area (Å²) in [7, 11) is -1.84. The van der Waals surface area contributed by atoms with Crippen LogP contribution in [-0.2, 0) is 25.3 Å². The van der Waals surface area contributed by atoms with Crippen LogP contribution in [0.15, 0.2) is 30.3 Å². The van der Waals surface area contributed by atoms with Crippen molar-refractivity contribution in [2.75, 3.05) is 6.61 Å². The Morgan fingerprint density at radius 2 is 1.88 bits per heavy atom. The van der Waals surface area contributed by atoms with Crippen LogP contribution >= 0.6 is 0 Å². The van der Waals surface area contributed by atoms with Gasteiger partial charge in [-0.15, -0.1) is 0 Å². The van der Waals surface area contributed by atoms with Crippen molar-refractivity contribution in [1.29, 1.82) is 0 Å². The Hall–Kier alpha value is -1.01. The predicted octanol–water partition coefficient (Wildman–Crippen LogP) is 4.59. The van der Waals surface area contributed by atoms with E-state index in [1.165, 1.54) is 0 Å². The summed E-state index contributed by atoms with van der Waals surface area (Å²) in [6.45, 7) is 14.3. The minimum absolute atomic E-state index is 0.00725. The molecule has 0 N–H and O–H groups in total. The van der Waals surface area contributed by atoms with Crippen molar-refractivity contribution < 1.29 is 18.7 Å². The Morgan fingerprint density at radius 1 is 1.23 bits per heavy atom. The fourth-order valence-electron chi connectivity index (χ4n) is 2.87. The van der Waals surface area contributed by atoms with Crippen molar-refractivity contribution in [3.63, 3.8) is 0 Å². The van der Waals surface area contributed by atoms with E-state index in [2.05, 4.69) is 46.0 Å². The molecule has 26 heavy (non-hydrogen) atoms. The van der Waals surface area contributed by atoms with Crippen molar-refractivity contribution in [1.82, 2.24) is 0 Å². The zero-order valence-corrected chi connectivity index (χ0v) is 18.0. The molecular weight excluding hydrogens is 344 g/mol. The molecule has 1 aromatic carbocycles. The maximum atomic E-state index is 11.5. The summed E-state index contributed by atoms with van der Waals surface area (Å²) >= 11 is 0. The molecule has 0 bridgehead atoms. The average molecular weight is 379 g/mol. The van der Waals surface area contributed by atoms with Gasteiger partial charge in [0.25, 0.3) is 0 Å². The number of benzene rings is 1. The van der Waals surface area contributed by atoms with Gasteiger partial charge in [0.15, 0.2) is 8.32 Å². The molecule has 1 aromatic rings. The number of hydrogen-bond acceptors (Lipinski definition) is 4. The molecule has 0 saturated carbocycles. The highest BCUT2D eigenvalue weighted by atomic mass is 28.4. The highest BCUT2D eigenvalue weighted by Crippen LogP contribution is 2.37. The first-order chi connectivity index (χ1) is 12.1. The van der Waals surface area contributed by atoms with Gasteiger partial charge in [0.2, 0.25) is 0 Å². The third kappa shape index (κ3) is 5.49. The molecule has 0 spiro atoms.